The summed E-state index contributed by atoms with van der Waals surface area (Å²) in [6.07, 6.45) is 6.22. The van der Waals surface area contributed by atoms with Crippen LogP contribution in [-0.4, -0.2) is 47.6 Å². The van der Waals surface area contributed by atoms with E-state index in [1.165, 1.54) is 0 Å². The number of hydrogen-bond donors (Lipinski definition) is 2. The number of hydrogen-bond acceptors (Lipinski definition) is 5. The fourth-order valence-corrected chi connectivity index (χ4v) is 2.76. The van der Waals surface area contributed by atoms with Gasteiger partial charge in [0, 0.05) is 57.0 Å². The molecule has 0 saturated carbocycles. The fraction of sp³-hybridized carbons (Fsp3) is 0.318. The Balaban J connectivity index is 1.64. The second-order valence-corrected chi connectivity index (χ2v) is 6.52. The van der Waals surface area contributed by atoms with Crippen molar-refractivity contribution in [3.8, 4) is 11.6 Å². The van der Waals surface area contributed by atoms with E-state index in [0.717, 1.165) is 35.8 Å². The van der Waals surface area contributed by atoms with Crippen LogP contribution in [0, 0.1) is 0 Å². The number of benzene rings is 1. The molecule has 0 aliphatic heterocycles. The lowest BCUT2D eigenvalue weighted by Crippen LogP contribution is -2.30. The van der Waals surface area contributed by atoms with Gasteiger partial charge in [-0.2, -0.15) is 5.10 Å². The van der Waals surface area contributed by atoms with Crippen LogP contribution in [0.2, 0.25) is 0 Å². The molecular formula is C22H28N6O2. The summed E-state index contributed by atoms with van der Waals surface area (Å²) in [5, 5.41) is 10.8. The van der Waals surface area contributed by atoms with Crippen molar-refractivity contribution in [3.05, 3.63) is 66.6 Å². The topological polar surface area (TPSA) is 85.6 Å². The summed E-state index contributed by atoms with van der Waals surface area (Å²) in [5.41, 5.74) is 1.95. The van der Waals surface area contributed by atoms with E-state index in [4.69, 9.17) is 14.5 Å². The minimum absolute atomic E-state index is 0.513. The van der Waals surface area contributed by atoms with E-state index >= 15 is 0 Å². The molecule has 0 saturated heterocycles. The molecule has 0 aliphatic carbocycles. The highest BCUT2D eigenvalue weighted by Crippen LogP contribution is 2.17. The Hall–Kier alpha value is -3.39. The molecule has 0 amide bonds. The lowest BCUT2D eigenvalue weighted by Gasteiger charge is -2.13. The Morgan fingerprint density at radius 3 is 2.87 bits per heavy atom. The minimum atomic E-state index is 0.513. The molecular weight excluding hydrogens is 380 g/mol. The first-order valence-electron chi connectivity index (χ1n) is 10.0. The molecule has 3 rings (SSSR count). The Kier molecular flexibility index (Phi) is 8.23. The zero-order chi connectivity index (χ0) is 21.0. The number of aliphatic imine (C=N–C) groups is 1. The molecule has 8 heteroatoms. The van der Waals surface area contributed by atoms with Gasteiger partial charge in [0.2, 0.25) is 0 Å². The number of pyridine rings is 1. The van der Waals surface area contributed by atoms with Crippen LogP contribution in [0.4, 0.5) is 5.69 Å². The quantitative estimate of drug-likeness (QED) is 0.304. The van der Waals surface area contributed by atoms with E-state index < -0.39 is 0 Å². The number of guanidine groups is 1. The van der Waals surface area contributed by atoms with E-state index in [2.05, 4.69) is 20.7 Å². The normalized spacial score (nSPS) is 11.3. The molecule has 8 nitrogen and oxygen atoms in total. The standard InChI is InChI=1S/C22H28N6O2/c1-3-23-22(27-19-7-4-8-20(16-19)30-14-6-13-29-2)25-17-18-9-11-24-21(15-18)28-12-5-10-26-28/h4-5,7-12,15-16H,3,6,13-14,17H2,1-2H3,(H2,23,25,27). The van der Waals surface area contributed by atoms with Gasteiger partial charge in [-0.05, 0) is 42.8 Å². The lowest BCUT2D eigenvalue weighted by molar-refractivity contribution is 0.172. The zero-order valence-corrected chi connectivity index (χ0v) is 17.4. The van der Waals surface area contributed by atoms with Crippen molar-refractivity contribution in [2.45, 2.75) is 19.9 Å². The molecule has 1 aromatic carbocycles. The van der Waals surface area contributed by atoms with Crippen LogP contribution in [0.1, 0.15) is 18.9 Å². The maximum absolute atomic E-state index is 5.77. The second kappa shape index (κ2) is 11.6. The SMILES string of the molecule is CCNC(=NCc1ccnc(-n2cccn2)c1)Nc1cccc(OCCCOC)c1. The van der Waals surface area contributed by atoms with Gasteiger partial charge >= 0.3 is 0 Å². The average molecular weight is 409 g/mol. The predicted octanol–water partition coefficient (Wildman–Crippen LogP) is 3.26. The van der Waals surface area contributed by atoms with Crippen LogP contribution in [0.3, 0.4) is 0 Å². The summed E-state index contributed by atoms with van der Waals surface area (Å²) in [6.45, 7) is 4.61. The number of nitrogens with zero attached hydrogens (tertiary/aromatic N) is 4. The summed E-state index contributed by atoms with van der Waals surface area (Å²) >= 11 is 0. The van der Waals surface area contributed by atoms with Crippen LogP contribution < -0.4 is 15.4 Å². The molecule has 2 N–H and O–H groups in total. The van der Waals surface area contributed by atoms with Gasteiger partial charge in [0.05, 0.1) is 13.2 Å². The first kappa shape index (κ1) is 21.3. The van der Waals surface area contributed by atoms with Gasteiger partial charge in [-0.15, -0.1) is 0 Å². The minimum Gasteiger partial charge on any atom is -0.493 e. The number of anilines is 1. The summed E-state index contributed by atoms with van der Waals surface area (Å²) in [7, 11) is 1.69. The van der Waals surface area contributed by atoms with Gasteiger partial charge in [-0.3, -0.25) is 0 Å². The molecule has 2 heterocycles. The fourth-order valence-electron chi connectivity index (χ4n) is 2.76. The summed E-state index contributed by atoms with van der Waals surface area (Å²) < 4.78 is 12.6. The van der Waals surface area contributed by atoms with E-state index in [1.807, 2.05) is 55.6 Å². The van der Waals surface area contributed by atoms with Crippen molar-refractivity contribution < 1.29 is 9.47 Å². The third-order valence-electron chi connectivity index (χ3n) is 4.17. The van der Waals surface area contributed by atoms with Crippen molar-refractivity contribution >= 4 is 11.6 Å². The van der Waals surface area contributed by atoms with Crippen molar-refractivity contribution in [2.24, 2.45) is 4.99 Å². The average Bonchev–Trinajstić information content (AvgIpc) is 3.31. The third-order valence-corrected chi connectivity index (χ3v) is 4.17. The molecule has 3 aromatic rings. The van der Waals surface area contributed by atoms with Crippen molar-refractivity contribution in [3.63, 3.8) is 0 Å². The second-order valence-electron chi connectivity index (χ2n) is 6.52. The zero-order valence-electron chi connectivity index (χ0n) is 17.4. The van der Waals surface area contributed by atoms with E-state index in [1.54, 1.807) is 24.2 Å². The number of aromatic nitrogens is 3. The summed E-state index contributed by atoms with van der Waals surface area (Å²) in [4.78, 5) is 9.06. The smallest absolute Gasteiger partial charge is 0.196 e. The molecule has 0 bridgehead atoms. The van der Waals surface area contributed by atoms with Crippen LogP contribution in [-0.2, 0) is 11.3 Å². The number of nitrogens with one attached hydrogen (secondary N) is 2. The van der Waals surface area contributed by atoms with Crippen LogP contribution in [0.5, 0.6) is 5.75 Å². The Bertz CT molecular complexity index is 927. The van der Waals surface area contributed by atoms with E-state index in [0.29, 0.717) is 25.7 Å². The van der Waals surface area contributed by atoms with Crippen LogP contribution in [0.25, 0.3) is 5.82 Å². The van der Waals surface area contributed by atoms with Gasteiger partial charge in [-0.25, -0.2) is 14.7 Å². The molecule has 0 aliphatic rings. The molecule has 2 aromatic heterocycles. The monoisotopic (exact) mass is 408 g/mol. The highest BCUT2D eigenvalue weighted by Gasteiger charge is 2.03. The van der Waals surface area contributed by atoms with Crippen molar-refractivity contribution in [1.29, 1.82) is 0 Å². The maximum atomic E-state index is 5.77. The van der Waals surface area contributed by atoms with E-state index in [-0.39, 0.29) is 0 Å². The molecule has 0 radical (unpaired) electrons. The maximum Gasteiger partial charge on any atom is 0.196 e. The van der Waals surface area contributed by atoms with Gasteiger partial charge in [-0.1, -0.05) is 6.07 Å². The van der Waals surface area contributed by atoms with E-state index in [9.17, 15) is 0 Å². The van der Waals surface area contributed by atoms with Crippen LogP contribution >= 0.6 is 0 Å². The van der Waals surface area contributed by atoms with Gasteiger partial charge in [0.25, 0.3) is 0 Å². The number of ether oxygens (including phenoxy) is 2. The summed E-state index contributed by atoms with van der Waals surface area (Å²) in [5.74, 6) is 2.28. The van der Waals surface area contributed by atoms with Gasteiger partial charge in [0.1, 0.15) is 5.75 Å². The highest BCUT2D eigenvalue weighted by molar-refractivity contribution is 5.93. The van der Waals surface area contributed by atoms with Gasteiger partial charge in [0.15, 0.2) is 11.8 Å². The number of methoxy groups -OCH3 is 1. The predicted molar refractivity (Wildman–Crippen MR) is 118 cm³/mol. The molecule has 0 fully saturated rings. The van der Waals surface area contributed by atoms with Crippen molar-refractivity contribution in [2.75, 3.05) is 32.2 Å². The Morgan fingerprint density at radius 2 is 2.07 bits per heavy atom. The first-order chi connectivity index (χ1) is 14.8. The number of rotatable bonds is 10. The third kappa shape index (κ3) is 6.59. The highest BCUT2D eigenvalue weighted by atomic mass is 16.5. The van der Waals surface area contributed by atoms with Crippen LogP contribution in [0.15, 0.2) is 66.0 Å². The Labute approximate surface area is 177 Å². The molecule has 0 spiro atoms. The summed E-state index contributed by atoms with van der Waals surface area (Å²) in [6, 6.07) is 13.6. The molecule has 0 atom stereocenters. The molecule has 30 heavy (non-hydrogen) atoms. The lowest BCUT2D eigenvalue weighted by atomic mass is 10.2. The largest absolute Gasteiger partial charge is 0.493 e. The van der Waals surface area contributed by atoms with Crippen molar-refractivity contribution in [1.82, 2.24) is 20.1 Å². The molecule has 0 unspecified atom stereocenters. The Morgan fingerprint density at radius 1 is 1.13 bits per heavy atom. The van der Waals surface area contributed by atoms with Gasteiger partial charge < -0.3 is 20.1 Å². The first-order valence-corrected chi connectivity index (χ1v) is 10.0. The molecule has 158 valence electrons.